The second-order valence-electron chi connectivity index (χ2n) is 5.05. The van der Waals surface area contributed by atoms with E-state index in [0.29, 0.717) is 5.91 Å². The number of likely N-dealkylation sites (tertiary alicyclic amines) is 1. The molecule has 0 aromatic heterocycles. The van der Waals surface area contributed by atoms with Gasteiger partial charge in [0.15, 0.2) is 0 Å². The van der Waals surface area contributed by atoms with Crippen molar-refractivity contribution in [2.24, 2.45) is 11.8 Å². The Balaban J connectivity index is 2.28. The highest BCUT2D eigenvalue weighted by Crippen LogP contribution is 2.19. The van der Waals surface area contributed by atoms with Crippen LogP contribution in [0.4, 0.5) is 0 Å². The molecule has 15 heavy (non-hydrogen) atoms. The van der Waals surface area contributed by atoms with E-state index in [0.717, 1.165) is 25.4 Å². The summed E-state index contributed by atoms with van der Waals surface area (Å²) in [5.74, 6) is 1.41. The van der Waals surface area contributed by atoms with Crippen molar-refractivity contribution in [2.75, 3.05) is 13.1 Å². The molecule has 88 valence electrons. The monoisotopic (exact) mass is 211 g/mol. The first kappa shape index (κ1) is 12.5. The normalized spacial score (nSPS) is 24.3. The van der Waals surface area contributed by atoms with Crippen LogP contribution in [-0.4, -0.2) is 23.9 Å². The first-order valence-corrected chi connectivity index (χ1v) is 6.44. The molecular formula is C13H25NO. The van der Waals surface area contributed by atoms with Gasteiger partial charge in [-0.05, 0) is 25.2 Å². The van der Waals surface area contributed by atoms with Gasteiger partial charge in [-0.25, -0.2) is 0 Å². The Morgan fingerprint density at radius 3 is 2.87 bits per heavy atom. The number of nitrogens with zero attached hydrogens (tertiary/aromatic N) is 1. The fourth-order valence-electron chi connectivity index (χ4n) is 2.37. The van der Waals surface area contributed by atoms with Crippen LogP contribution in [0.5, 0.6) is 0 Å². The molecule has 2 nitrogen and oxygen atoms in total. The van der Waals surface area contributed by atoms with E-state index < -0.39 is 0 Å². The van der Waals surface area contributed by atoms with E-state index in [1.54, 1.807) is 0 Å². The summed E-state index contributed by atoms with van der Waals surface area (Å²) >= 11 is 0. The third kappa shape index (κ3) is 3.84. The molecule has 1 heterocycles. The summed E-state index contributed by atoms with van der Waals surface area (Å²) in [7, 11) is 0. The Morgan fingerprint density at radius 2 is 2.20 bits per heavy atom. The molecule has 0 bridgehead atoms. The highest BCUT2D eigenvalue weighted by molar-refractivity contribution is 5.79. The summed E-state index contributed by atoms with van der Waals surface area (Å²) in [6.45, 7) is 8.54. The lowest BCUT2D eigenvalue weighted by Gasteiger charge is -2.31. The number of carbonyl (C=O) groups excluding carboxylic acids is 1. The third-order valence-electron chi connectivity index (χ3n) is 3.47. The summed E-state index contributed by atoms with van der Waals surface area (Å²) in [6.07, 6.45) is 5.99. The lowest BCUT2D eigenvalue weighted by molar-refractivity contribution is -0.137. The summed E-state index contributed by atoms with van der Waals surface area (Å²) < 4.78 is 0. The minimum atomic E-state index is 0.264. The zero-order valence-electron chi connectivity index (χ0n) is 10.5. The zero-order valence-corrected chi connectivity index (χ0v) is 10.5. The Bertz CT molecular complexity index is 203. The van der Waals surface area contributed by atoms with E-state index in [-0.39, 0.29) is 5.92 Å². The SMILES string of the molecule is CCCC(C)CCN1CCCC(C)C1=O. The quantitative estimate of drug-likeness (QED) is 0.684. The molecule has 0 aromatic rings. The molecule has 1 saturated heterocycles. The van der Waals surface area contributed by atoms with Crippen LogP contribution in [-0.2, 0) is 4.79 Å². The van der Waals surface area contributed by atoms with Gasteiger partial charge in [0.05, 0.1) is 0 Å². The van der Waals surface area contributed by atoms with Crippen LogP contribution >= 0.6 is 0 Å². The van der Waals surface area contributed by atoms with E-state index in [1.807, 2.05) is 0 Å². The van der Waals surface area contributed by atoms with Crippen LogP contribution < -0.4 is 0 Å². The van der Waals surface area contributed by atoms with Crippen molar-refractivity contribution in [1.29, 1.82) is 0 Å². The average Bonchev–Trinajstić information content (AvgIpc) is 2.21. The molecule has 2 atom stereocenters. The molecule has 2 unspecified atom stereocenters. The van der Waals surface area contributed by atoms with E-state index >= 15 is 0 Å². The number of carbonyl (C=O) groups is 1. The van der Waals surface area contributed by atoms with Crippen molar-refractivity contribution < 1.29 is 4.79 Å². The molecule has 0 aromatic carbocycles. The number of rotatable bonds is 5. The van der Waals surface area contributed by atoms with Gasteiger partial charge in [-0.3, -0.25) is 4.79 Å². The zero-order chi connectivity index (χ0) is 11.3. The van der Waals surface area contributed by atoms with Crippen LogP contribution in [0, 0.1) is 11.8 Å². The fourth-order valence-corrected chi connectivity index (χ4v) is 2.37. The van der Waals surface area contributed by atoms with Gasteiger partial charge in [-0.1, -0.05) is 33.6 Å². The summed E-state index contributed by atoms with van der Waals surface area (Å²) in [4.78, 5) is 13.9. The van der Waals surface area contributed by atoms with Crippen LogP contribution in [0.3, 0.4) is 0 Å². The number of amides is 1. The maximum atomic E-state index is 11.8. The van der Waals surface area contributed by atoms with Gasteiger partial charge in [-0.2, -0.15) is 0 Å². The molecule has 0 radical (unpaired) electrons. The Hall–Kier alpha value is -0.530. The van der Waals surface area contributed by atoms with E-state index in [4.69, 9.17) is 0 Å². The van der Waals surface area contributed by atoms with Crippen molar-refractivity contribution in [3.8, 4) is 0 Å². The van der Waals surface area contributed by atoms with Crippen molar-refractivity contribution in [1.82, 2.24) is 4.90 Å². The van der Waals surface area contributed by atoms with Gasteiger partial charge < -0.3 is 4.90 Å². The van der Waals surface area contributed by atoms with Crippen molar-refractivity contribution >= 4 is 5.91 Å². The molecule has 1 aliphatic rings. The minimum absolute atomic E-state index is 0.264. The standard InChI is InChI=1S/C13H25NO/c1-4-6-11(2)8-10-14-9-5-7-12(3)13(14)15/h11-12H,4-10H2,1-3H3. The summed E-state index contributed by atoms with van der Waals surface area (Å²) in [5, 5.41) is 0. The molecule has 1 aliphatic heterocycles. The predicted molar refractivity (Wildman–Crippen MR) is 63.7 cm³/mol. The fraction of sp³-hybridized carbons (Fsp3) is 0.923. The van der Waals surface area contributed by atoms with Crippen LogP contribution in [0.25, 0.3) is 0 Å². The first-order valence-electron chi connectivity index (χ1n) is 6.44. The van der Waals surface area contributed by atoms with Crippen molar-refractivity contribution in [3.63, 3.8) is 0 Å². The summed E-state index contributed by atoms with van der Waals surface area (Å²) in [5.41, 5.74) is 0. The van der Waals surface area contributed by atoms with Gasteiger partial charge >= 0.3 is 0 Å². The first-order chi connectivity index (χ1) is 7.15. The van der Waals surface area contributed by atoms with Crippen molar-refractivity contribution in [3.05, 3.63) is 0 Å². The van der Waals surface area contributed by atoms with Gasteiger partial charge in [0.25, 0.3) is 0 Å². The number of hydrogen-bond acceptors (Lipinski definition) is 1. The van der Waals surface area contributed by atoms with Gasteiger partial charge in [-0.15, -0.1) is 0 Å². The Labute approximate surface area is 94.0 Å². The maximum Gasteiger partial charge on any atom is 0.225 e. The van der Waals surface area contributed by atoms with E-state index in [1.165, 1.54) is 25.7 Å². The number of hydrogen-bond donors (Lipinski definition) is 0. The third-order valence-corrected chi connectivity index (χ3v) is 3.47. The lowest BCUT2D eigenvalue weighted by atomic mass is 9.97. The molecule has 1 amide bonds. The smallest absolute Gasteiger partial charge is 0.225 e. The molecule has 0 aliphatic carbocycles. The topological polar surface area (TPSA) is 20.3 Å². The molecule has 0 spiro atoms. The van der Waals surface area contributed by atoms with Gasteiger partial charge in [0.2, 0.25) is 5.91 Å². The second-order valence-corrected chi connectivity index (χ2v) is 5.05. The highest BCUT2D eigenvalue weighted by Gasteiger charge is 2.24. The lowest BCUT2D eigenvalue weighted by Crippen LogP contribution is -2.41. The number of piperidine rings is 1. The highest BCUT2D eigenvalue weighted by atomic mass is 16.2. The molecule has 2 heteroatoms. The van der Waals surface area contributed by atoms with Crippen molar-refractivity contribution in [2.45, 2.75) is 52.9 Å². The van der Waals surface area contributed by atoms with Crippen LogP contribution in [0.15, 0.2) is 0 Å². The van der Waals surface area contributed by atoms with Crippen LogP contribution in [0.1, 0.15) is 52.9 Å². The van der Waals surface area contributed by atoms with Gasteiger partial charge in [0.1, 0.15) is 0 Å². The minimum Gasteiger partial charge on any atom is -0.342 e. The molecule has 1 fully saturated rings. The predicted octanol–water partition coefficient (Wildman–Crippen LogP) is 3.07. The summed E-state index contributed by atoms with van der Waals surface area (Å²) in [6, 6.07) is 0. The average molecular weight is 211 g/mol. The molecular weight excluding hydrogens is 186 g/mol. The maximum absolute atomic E-state index is 11.8. The molecule has 0 saturated carbocycles. The molecule has 0 N–H and O–H groups in total. The van der Waals surface area contributed by atoms with Gasteiger partial charge in [0, 0.05) is 19.0 Å². The molecule has 1 rings (SSSR count). The second kappa shape index (κ2) is 6.14. The van der Waals surface area contributed by atoms with E-state index in [2.05, 4.69) is 25.7 Å². The Kier molecular flexibility index (Phi) is 5.13. The largest absolute Gasteiger partial charge is 0.342 e. The van der Waals surface area contributed by atoms with Crippen LogP contribution in [0.2, 0.25) is 0 Å². The Morgan fingerprint density at radius 1 is 1.47 bits per heavy atom. The van der Waals surface area contributed by atoms with E-state index in [9.17, 15) is 4.79 Å².